The minimum Gasteiger partial charge on any atom is -0.481 e. The summed E-state index contributed by atoms with van der Waals surface area (Å²) in [6, 6.07) is 0. The van der Waals surface area contributed by atoms with Gasteiger partial charge in [0.15, 0.2) is 0 Å². The highest BCUT2D eigenvalue weighted by Gasteiger charge is 2.33. The van der Waals surface area contributed by atoms with Crippen molar-refractivity contribution in [1.82, 2.24) is 15.1 Å². The van der Waals surface area contributed by atoms with E-state index in [0.29, 0.717) is 19.4 Å². The lowest BCUT2D eigenvalue weighted by Gasteiger charge is -2.24. The van der Waals surface area contributed by atoms with Gasteiger partial charge in [-0.1, -0.05) is 12.2 Å². The lowest BCUT2D eigenvalue weighted by Crippen LogP contribution is -2.38. The van der Waals surface area contributed by atoms with E-state index >= 15 is 0 Å². The largest absolute Gasteiger partial charge is 0.481 e. The van der Waals surface area contributed by atoms with Crippen molar-refractivity contribution in [2.24, 2.45) is 11.8 Å². The van der Waals surface area contributed by atoms with Gasteiger partial charge in [-0.3, -0.25) is 14.3 Å². The third kappa shape index (κ3) is 3.26. The van der Waals surface area contributed by atoms with E-state index in [9.17, 15) is 9.59 Å². The molecule has 0 saturated carbocycles. The number of carboxylic acids is 1. The minimum atomic E-state index is -0.909. The number of nitrogens with one attached hydrogen (secondary N) is 1. The Hall–Kier alpha value is -2.11. The maximum absolute atomic E-state index is 12.1. The first kappa shape index (κ1) is 14.3. The number of aliphatic carboxylic acids is 1. The van der Waals surface area contributed by atoms with Crippen LogP contribution in [0.25, 0.3) is 0 Å². The van der Waals surface area contributed by atoms with Gasteiger partial charge in [0.2, 0.25) is 5.91 Å². The van der Waals surface area contributed by atoms with Gasteiger partial charge in [-0.25, -0.2) is 0 Å². The molecule has 1 aromatic rings. The van der Waals surface area contributed by atoms with Crippen molar-refractivity contribution in [3.05, 3.63) is 30.1 Å². The lowest BCUT2D eigenvalue weighted by molar-refractivity contribution is -0.147. The fourth-order valence-corrected chi connectivity index (χ4v) is 2.37. The van der Waals surface area contributed by atoms with Crippen LogP contribution in [0.15, 0.2) is 24.5 Å². The summed E-state index contributed by atoms with van der Waals surface area (Å²) in [5.41, 5.74) is 0.915. The highest BCUT2D eigenvalue weighted by atomic mass is 16.4. The SMILES string of the molecule is CCn1cc(CNC(=O)C2CC=CCC2C(=O)O)cn1. The molecule has 2 rings (SSSR count). The zero-order valence-corrected chi connectivity index (χ0v) is 11.5. The van der Waals surface area contributed by atoms with E-state index in [1.807, 2.05) is 25.3 Å². The van der Waals surface area contributed by atoms with Crippen LogP contribution in [0.4, 0.5) is 0 Å². The van der Waals surface area contributed by atoms with Gasteiger partial charge in [-0.2, -0.15) is 5.10 Å². The van der Waals surface area contributed by atoms with Crippen LogP contribution in [0, 0.1) is 11.8 Å². The summed E-state index contributed by atoms with van der Waals surface area (Å²) in [7, 11) is 0. The molecule has 2 unspecified atom stereocenters. The van der Waals surface area contributed by atoms with Crippen LogP contribution in [-0.4, -0.2) is 26.8 Å². The Bertz CT molecular complexity index is 521. The number of carbonyl (C=O) groups excluding carboxylic acids is 1. The van der Waals surface area contributed by atoms with Crippen LogP contribution in [0.1, 0.15) is 25.3 Å². The molecule has 0 spiro atoms. The molecule has 2 atom stereocenters. The normalized spacial score (nSPS) is 21.6. The number of amides is 1. The Kier molecular flexibility index (Phi) is 4.55. The molecular formula is C14H19N3O3. The predicted molar refractivity (Wildman–Crippen MR) is 72.7 cm³/mol. The first-order chi connectivity index (χ1) is 9.61. The van der Waals surface area contributed by atoms with E-state index < -0.39 is 17.8 Å². The number of allylic oxidation sites excluding steroid dienone is 2. The first-order valence-electron chi connectivity index (χ1n) is 6.78. The average Bonchev–Trinajstić information content (AvgIpc) is 2.92. The number of aryl methyl sites for hydroxylation is 1. The Morgan fingerprint density at radius 3 is 2.70 bits per heavy atom. The minimum absolute atomic E-state index is 0.203. The van der Waals surface area contributed by atoms with Crippen LogP contribution in [-0.2, 0) is 22.7 Å². The highest BCUT2D eigenvalue weighted by Crippen LogP contribution is 2.26. The third-order valence-corrected chi connectivity index (χ3v) is 3.56. The van der Waals surface area contributed by atoms with Gasteiger partial charge in [0.1, 0.15) is 0 Å². The monoisotopic (exact) mass is 277 g/mol. The molecule has 0 aliphatic heterocycles. The molecule has 20 heavy (non-hydrogen) atoms. The highest BCUT2D eigenvalue weighted by molar-refractivity contribution is 5.85. The molecule has 1 aliphatic carbocycles. The maximum atomic E-state index is 12.1. The van der Waals surface area contributed by atoms with Crippen molar-refractivity contribution in [3.63, 3.8) is 0 Å². The van der Waals surface area contributed by atoms with E-state index in [2.05, 4.69) is 10.4 Å². The number of hydrogen-bond acceptors (Lipinski definition) is 3. The number of rotatable bonds is 5. The van der Waals surface area contributed by atoms with Gasteiger partial charge < -0.3 is 10.4 Å². The van der Waals surface area contributed by atoms with Crippen LogP contribution in [0.3, 0.4) is 0 Å². The number of nitrogens with zero attached hydrogens (tertiary/aromatic N) is 2. The summed E-state index contributed by atoms with van der Waals surface area (Å²) in [5, 5.41) is 16.1. The quantitative estimate of drug-likeness (QED) is 0.792. The second-order valence-electron chi connectivity index (χ2n) is 4.92. The molecule has 2 N–H and O–H groups in total. The molecule has 1 aliphatic rings. The first-order valence-corrected chi connectivity index (χ1v) is 6.78. The molecule has 0 saturated heterocycles. The van der Waals surface area contributed by atoms with Crippen molar-refractivity contribution >= 4 is 11.9 Å². The fraction of sp³-hybridized carbons (Fsp3) is 0.500. The van der Waals surface area contributed by atoms with Crippen LogP contribution >= 0.6 is 0 Å². The van der Waals surface area contributed by atoms with Crippen LogP contribution in [0.5, 0.6) is 0 Å². The molecular weight excluding hydrogens is 258 g/mol. The van der Waals surface area contributed by atoms with Gasteiger partial charge in [0.25, 0.3) is 0 Å². The molecule has 108 valence electrons. The summed E-state index contributed by atoms with van der Waals surface area (Å²) in [4.78, 5) is 23.3. The van der Waals surface area contributed by atoms with Gasteiger partial charge in [0.05, 0.1) is 18.0 Å². The number of hydrogen-bond donors (Lipinski definition) is 2. The Morgan fingerprint density at radius 2 is 2.10 bits per heavy atom. The summed E-state index contributed by atoms with van der Waals surface area (Å²) in [6.45, 7) is 3.15. The Morgan fingerprint density at radius 1 is 1.40 bits per heavy atom. The smallest absolute Gasteiger partial charge is 0.307 e. The van der Waals surface area contributed by atoms with Crippen LogP contribution in [0.2, 0.25) is 0 Å². The third-order valence-electron chi connectivity index (χ3n) is 3.56. The molecule has 1 aromatic heterocycles. The van der Waals surface area contributed by atoms with E-state index in [1.54, 1.807) is 10.9 Å². The summed E-state index contributed by atoms with van der Waals surface area (Å²) in [5.74, 6) is -2.23. The fourth-order valence-electron chi connectivity index (χ4n) is 2.37. The van der Waals surface area contributed by atoms with Crippen LogP contribution < -0.4 is 5.32 Å². The standard InChI is InChI=1S/C14H19N3O3/c1-2-17-9-10(8-16-17)7-15-13(18)11-5-3-4-6-12(11)14(19)20/h3-4,8-9,11-12H,2,5-7H2,1H3,(H,15,18)(H,19,20). The second kappa shape index (κ2) is 6.36. The average molecular weight is 277 g/mol. The zero-order chi connectivity index (χ0) is 14.5. The van der Waals surface area contributed by atoms with Gasteiger partial charge in [0, 0.05) is 24.8 Å². The molecule has 1 amide bonds. The molecule has 6 nitrogen and oxygen atoms in total. The van der Waals surface area contributed by atoms with E-state index in [0.717, 1.165) is 12.1 Å². The predicted octanol–water partition coefficient (Wildman–Crippen LogP) is 1.19. The van der Waals surface area contributed by atoms with E-state index in [1.165, 1.54) is 0 Å². The molecule has 0 aromatic carbocycles. The van der Waals surface area contributed by atoms with Gasteiger partial charge in [-0.15, -0.1) is 0 Å². The Labute approximate surface area is 117 Å². The number of carbonyl (C=O) groups is 2. The molecule has 6 heteroatoms. The summed E-state index contributed by atoms with van der Waals surface area (Å²) >= 11 is 0. The van der Waals surface area contributed by atoms with Crippen molar-refractivity contribution in [1.29, 1.82) is 0 Å². The molecule has 1 heterocycles. The number of aromatic nitrogens is 2. The number of carboxylic acid groups (broad SMARTS) is 1. The van der Waals surface area contributed by atoms with Crippen molar-refractivity contribution < 1.29 is 14.7 Å². The van der Waals surface area contributed by atoms with Gasteiger partial charge >= 0.3 is 5.97 Å². The second-order valence-corrected chi connectivity index (χ2v) is 4.92. The summed E-state index contributed by atoms with van der Waals surface area (Å²) < 4.78 is 1.78. The zero-order valence-electron chi connectivity index (χ0n) is 11.5. The van der Waals surface area contributed by atoms with Crippen molar-refractivity contribution in [2.75, 3.05) is 0 Å². The molecule has 0 radical (unpaired) electrons. The Balaban J connectivity index is 1.93. The van der Waals surface area contributed by atoms with E-state index in [-0.39, 0.29) is 5.91 Å². The summed E-state index contributed by atoms with van der Waals surface area (Å²) in [6.07, 6.45) is 8.18. The van der Waals surface area contributed by atoms with Crippen molar-refractivity contribution in [3.8, 4) is 0 Å². The van der Waals surface area contributed by atoms with E-state index in [4.69, 9.17) is 5.11 Å². The topological polar surface area (TPSA) is 84.2 Å². The molecule has 0 fully saturated rings. The lowest BCUT2D eigenvalue weighted by atomic mass is 9.82. The van der Waals surface area contributed by atoms with Crippen molar-refractivity contribution in [2.45, 2.75) is 32.9 Å². The maximum Gasteiger partial charge on any atom is 0.307 e. The molecule has 0 bridgehead atoms. The van der Waals surface area contributed by atoms with Gasteiger partial charge in [-0.05, 0) is 19.8 Å².